The van der Waals surface area contributed by atoms with Gasteiger partial charge in [0.15, 0.2) is 5.65 Å². The summed E-state index contributed by atoms with van der Waals surface area (Å²) in [6.45, 7) is 3.92. The van der Waals surface area contributed by atoms with Gasteiger partial charge in [0.05, 0.1) is 12.8 Å². The van der Waals surface area contributed by atoms with Crippen LogP contribution in [0.5, 0.6) is 5.75 Å². The number of amides is 2. The molecule has 156 valence electrons. The smallest absolute Gasteiger partial charge is 0.259 e. The van der Waals surface area contributed by atoms with E-state index in [1.165, 1.54) is 0 Å². The quantitative estimate of drug-likeness (QED) is 0.646. The number of benzene rings is 1. The minimum atomic E-state index is -0.0773. The Morgan fingerprint density at radius 3 is 2.47 bits per heavy atom. The molecule has 4 rings (SSSR count). The molecule has 30 heavy (non-hydrogen) atoms. The maximum Gasteiger partial charge on any atom is 0.259 e. The average molecular weight is 407 g/mol. The number of carbonyl (C=O) groups excluding carboxylic acids is 2. The van der Waals surface area contributed by atoms with Crippen molar-refractivity contribution in [1.82, 2.24) is 24.4 Å². The van der Waals surface area contributed by atoms with Crippen molar-refractivity contribution >= 4 is 17.5 Å². The fraction of sp³-hybridized carbons (Fsp3) is 0.364. The van der Waals surface area contributed by atoms with Gasteiger partial charge < -0.3 is 14.5 Å². The number of ether oxygens (including phenoxy) is 1. The summed E-state index contributed by atoms with van der Waals surface area (Å²) in [5.74, 6) is 0.848. The van der Waals surface area contributed by atoms with Gasteiger partial charge in [0, 0.05) is 45.0 Å². The van der Waals surface area contributed by atoms with Gasteiger partial charge in [-0.05, 0) is 37.1 Å². The summed E-state index contributed by atoms with van der Waals surface area (Å²) >= 11 is 0. The van der Waals surface area contributed by atoms with Crippen LogP contribution in [0.25, 0.3) is 5.65 Å². The minimum Gasteiger partial charge on any atom is -0.497 e. The Balaban J connectivity index is 1.33. The Labute approximate surface area is 175 Å². The van der Waals surface area contributed by atoms with E-state index in [1.807, 2.05) is 36.1 Å². The molecule has 0 atom stereocenters. The van der Waals surface area contributed by atoms with Gasteiger partial charge in [-0.15, -0.1) is 0 Å². The summed E-state index contributed by atoms with van der Waals surface area (Å²) in [4.78, 5) is 33.6. The van der Waals surface area contributed by atoms with Crippen molar-refractivity contribution in [1.29, 1.82) is 0 Å². The third-order valence-corrected chi connectivity index (χ3v) is 5.49. The number of methoxy groups -OCH3 is 1. The molecule has 8 nitrogen and oxygen atoms in total. The molecule has 1 aliphatic heterocycles. The predicted octanol–water partition coefficient (Wildman–Crippen LogP) is 1.96. The van der Waals surface area contributed by atoms with E-state index in [9.17, 15) is 9.59 Å². The lowest BCUT2D eigenvalue weighted by molar-refractivity contribution is -0.132. The van der Waals surface area contributed by atoms with Gasteiger partial charge in [-0.25, -0.2) is 9.50 Å². The first-order valence-corrected chi connectivity index (χ1v) is 10.1. The Kier molecular flexibility index (Phi) is 5.65. The topological polar surface area (TPSA) is 80.0 Å². The summed E-state index contributed by atoms with van der Waals surface area (Å²) in [6, 6.07) is 9.55. The van der Waals surface area contributed by atoms with Crippen molar-refractivity contribution < 1.29 is 14.3 Å². The summed E-state index contributed by atoms with van der Waals surface area (Å²) in [5, 5.41) is 4.37. The van der Waals surface area contributed by atoms with E-state index in [1.54, 1.807) is 35.0 Å². The largest absolute Gasteiger partial charge is 0.497 e. The van der Waals surface area contributed by atoms with Gasteiger partial charge >= 0.3 is 0 Å². The molecular formula is C22H25N5O3. The second kappa shape index (κ2) is 8.52. The van der Waals surface area contributed by atoms with Crippen LogP contribution in [0.2, 0.25) is 0 Å². The van der Waals surface area contributed by atoms with E-state index in [2.05, 4.69) is 10.1 Å². The first kappa shape index (κ1) is 19.9. The zero-order valence-corrected chi connectivity index (χ0v) is 17.2. The lowest BCUT2D eigenvalue weighted by Gasteiger charge is -2.34. The van der Waals surface area contributed by atoms with Crippen LogP contribution in [-0.2, 0) is 11.2 Å². The first-order chi connectivity index (χ1) is 14.6. The zero-order valence-electron chi connectivity index (χ0n) is 17.2. The molecule has 3 heterocycles. The van der Waals surface area contributed by atoms with Gasteiger partial charge in [-0.1, -0.05) is 12.1 Å². The highest BCUT2D eigenvalue weighted by Crippen LogP contribution is 2.18. The van der Waals surface area contributed by atoms with Crippen LogP contribution in [0.1, 0.15) is 28.0 Å². The molecule has 0 aliphatic carbocycles. The fourth-order valence-corrected chi connectivity index (χ4v) is 3.77. The van der Waals surface area contributed by atoms with Crippen molar-refractivity contribution in [2.45, 2.75) is 19.8 Å². The van der Waals surface area contributed by atoms with Gasteiger partial charge in [-0.3, -0.25) is 9.59 Å². The van der Waals surface area contributed by atoms with E-state index >= 15 is 0 Å². The van der Waals surface area contributed by atoms with Crippen molar-refractivity contribution in [2.75, 3.05) is 33.3 Å². The van der Waals surface area contributed by atoms with Crippen LogP contribution in [0, 0.1) is 6.92 Å². The number of piperazine rings is 1. The molecular weight excluding hydrogens is 382 g/mol. The van der Waals surface area contributed by atoms with Gasteiger partial charge in [0.2, 0.25) is 5.91 Å². The first-order valence-electron chi connectivity index (χ1n) is 10.1. The van der Waals surface area contributed by atoms with E-state index < -0.39 is 0 Å². The van der Waals surface area contributed by atoms with E-state index in [0.717, 1.165) is 11.3 Å². The molecule has 0 radical (unpaired) electrons. The summed E-state index contributed by atoms with van der Waals surface area (Å²) in [5.41, 5.74) is 2.87. The summed E-state index contributed by atoms with van der Waals surface area (Å²) in [6.07, 6.45) is 4.59. The lowest BCUT2D eigenvalue weighted by atomic mass is 10.1. The monoisotopic (exact) mass is 407 g/mol. The van der Waals surface area contributed by atoms with Crippen LogP contribution < -0.4 is 4.74 Å². The SMILES string of the molecule is COc1ccc(CCC(=O)N2CCN(C(=O)c3c(C)nn4cccnc34)CC2)cc1. The van der Waals surface area contributed by atoms with Crippen LogP contribution in [0.4, 0.5) is 0 Å². The summed E-state index contributed by atoms with van der Waals surface area (Å²) in [7, 11) is 1.64. The molecule has 2 amide bonds. The van der Waals surface area contributed by atoms with Crippen LogP contribution in [0.15, 0.2) is 42.7 Å². The predicted molar refractivity (Wildman–Crippen MR) is 112 cm³/mol. The van der Waals surface area contributed by atoms with E-state index in [0.29, 0.717) is 55.9 Å². The van der Waals surface area contributed by atoms with Crippen LogP contribution in [-0.4, -0.2) is 69.5 Å². The lowest BCUT2D eigenvalue weighted by Crippen LogP contribution is -2.50. The number of hydrogen-bond donors (Lipinski definition) is 0. The van der Waals surface area contributed by atoms with Gasteiger partial charge in [0.1, 0.15) is 11.3 Å². The number of aromatic nitrogens is 3. The molecule has 1 aromatic carbocycles. The number of aryl methyl sites for hydroxylation is 2. The standard InChI is InChI=1S/C22H25N5O3/c1-16-20(21-23-10-3-11-27(21)24-16)22(29)26-14-12-25(13-15-26)19(28)9-6-17-4-7-18(30-2)8-5-17/h3-5,7-8,10-11H,6,9,12-15H2,1-2H3. The maximum atomic E-state index is 13.1. The Hall–Kier alpha value is -3.42. The maximum absolute atomic E-state index is 13.1. The van der Waals surface area contributed by atoms with Gasteiger partial charge in [-0.2, -0.15) is 5.10 Å². The number of fused-ring (bicyclic) bond motifs is 1. The molecule has 0 bridgehead atoms. The molecule has 0 saturated carbocycles. The number of carbonyl (C=O) groups is 2. The van der Waals surface area contributed by atoms with E-state index in [4.69, 9.17) is 4.74 Å². The molecule has 0 spiro atoms. The molecule has 0 unspecified atom stereocenters. The Morgan fingerprint density at radius 2 is 1.77 bits per heavy atom. The highest BCUT2D eigenvalue weighted by Gasteiger charge is 2.28. The highest BCUT2D eigenvalue weighted by atomic mass is 16.5. The number of nitrogens with zero attached hydrogens (tertiary/aromatic N) is 5. The molecule has 8 heteroatoms. The van der Waals surface area contributed by atoms with Gasteiger partial charge in [0.25, 0.3) is 5.91 Å². The fourth-order valence-electron chi connectivity index (χ4n) is 3.77. The molecule has 0 N–H and O–H groups in total. The Bertz CT molecular complexity index is 1050. The van der Waals surface area contributed by atoms with Crippen LogP contribution in [0.3, 0.4) is 0 Å². The third-order valence-electron chi connectivity index (χ3n) is 5.49. The van der Waals surface area contributed by atoms with Crippen molar-refractivity contribution in [2.24, 2.45) is 0 Å². The number of hydrogen-bond acceptors (Lipinski definition) is 5. The van der Waals surface area contributed by atoms with Crippen LogP contribution >= 0.6 is 0 Å². The van der Waals surface area contributed by atoms with Crippen molar-refractivity contribution in [3.63, 3.8) is 0 Å². The van der Waals surface area contributed by atoms with Crippen molar-refractivity contribution in [3.8, 4) is 5.75 Å². The molecule has 3 aromatic rings. The Morgan fingerprint density at radius 1 is 1.07 bits per heavy atom. The second-order valence-electron chi connectivity index (χ2n) is 7.37. The summed E-state index contributed by atoms with van der Waals surface area (Å²) < 4.78 is 6.79. The molecule has 1 fully saturated rings. The average Bonchev–Trinajstić information content (AvgIpc) is 3.13. The minimum absolute atomic E-state index is 0.0773. The molecule has 1 aliphatic rings. The molecule has 1 saturated heterocycles. The zero-order chi connectivity index (χ0) is 21.1. The van der Waals surface area contributed by atoms with E-state index in [-0.39, 0.29) is 11.8 Å². The van der Waals surface area contributed by atoms with Crippen molar-refractivity contribution in [3.05, 3.63) is 59.5 Å². The normalized spacial score (nSPS) is 14.2. The molecule has 2 aromatic heterocycles. The highest BCUT2D eigenvalue weighted by molar-refractivity contribution is 6.01. The number of rotatable bonds is 5. The third kappa shape index (κ3) is 3.98. The second-order valence-corrected chi connectivity index (χ2v) is 7.37.